The first-order valence-electron chi connectivity index (χ1n) is 7.08. The maximum Gasteiger partial charge on any atom is 0.311 e. The quantitative estimate of drug-likeness (QED) is 0.825. The van der Waals surface area contributed by atoms with Crippen LogP contribution in [0.3, 0.4) is 0 Å². The van der Waals surface area contributed by atoms with Crippen LogP contribution in [0.1, 0.15) is 38.5 Å². The highest BCUT2D eigenvalue weighted by Crippen LogP contribution is 2.35. The molecule has 1 saturated carbocycles. The molecule has 2 rings (SSSR count). The van der Waals surface area contributed by atoms with Gasteiger partial charge in [0.05, 0.1) is 11.7 Å². The molecule has 6 nitrogen and oxygen atoms in total. The van der Waals surface area contributed by atoms with E-state index in [9.17, 15) is 14.7 Å². The number of aromatic nitrogens is 2. The van der Waals surface area contributed by atoms with E-state index in [2.05, 4.69) is 10.3 Å². The molecule has 0 spiro atoms. The Morgan fingerprint density at radius 2 is 2.05 bits per heavy atom. The van der Waals surface area contributed by atoms with Crippen LogP contribution in [0.15, 0.2) is 18.7 Å². The Morgan fingerprint density at radius 3 is 2.65 bits per heavy atom. The van der Waals surface area contributed by atoms with E-state index in [1.54, 1.807) is 18.7 Å². The summed E-state index contributed by atoms with van der Waals surface area (Å²) < 4.78 is 1.83. The Kier molecular flexibility index (Phi) is 4.76. The summed E-state index contributed by atoms with van der Waals surface area (Å²) in [4.78, 5) is 27.2. The van der Waals surface area contributed by atoms with Gasteiger partial charge in [0.1, 0.15) is 0 Å². The SMILES string of the molecule is O=C(CCn1ccnc1)NCC1(C(=O)O)CCCCC1. The molecule has 0 unspecified atom stereocenters. The molecule has 1 amide bonds. The van der Waals surface area contributed by atoms with Crippen molar-refractivity contribution in [2.24, 2.45) is 5.41 Å². The van der Waals surface area contributed by atoms with Crippen molar-refractivity contribution in [3.05, 3.63) is 18.7 Å². The summed E-state index contributed by atoms with van der Waals surface area (Å²) >= 11 is 0. The number of carbonyl (C=O) groups excluding carboxylic acids is 1. The maximum atomic E-state index is 11.8. The number of imidazole rings is 1. The van der Waals surface area contributed by atoms with E-state index in [-0.39, 0.29) is 12.5 Å². The summed E-state index contributed by atoms with van der Waals surface area (Å²) in [5.41, 5.74) is -0.761. The molecule has 2 N–H and O–H groups in total. The molecule has 1 aromatic rings. The summed E-state index contributed by atoms with van der Waals surface area (Å²) in [5, 5.41) is 12.2. The molecule has 0 radical (unpaired) electrons. The highest BCUT2D eigenvalue weighted by atomic mass is 16.4. The molecule has 0 bridgehead atoms. The molecule has 20 heavy (non-hydrogen) atoms. The number of hydrogen-bond donors (Lipinski definition) is 2. The van der Waals surface area contributed by atoms with E-state index in [1.165, 1.54) is 0 Å². The lowest BCUT2D eigenvalue weighted by molar-refractivity contribution is -0.151. The van der Waals surface area contributed by atoms with E-state index < -0.39 is 11.4 Å². The molecule has 0 atom stereocenters. The van der Waals surface area contributed by atoms with Crippen molar-refractivity contribution in [1.82, 2.24) is 14.9 Å². The van der Waals surface area contributed by atoms with Gasteiger partial charge in [0.25, 0.3) is 0 Å². The number of nitrogens with one attached hydrogen (secondary N) is 1. The molecule has 110 valence electrons. The van der Waals surface area contributed by atoms with Gasteiger partial charge in [-0.05, 0) is 12.8 Å². The third-order valence-corrected chi connectivity index (χ3v) is 4.04. The van der Waals surface area contributed by atoms with Gasteiger partial charge in [-0.1, -0.05) is 19.3 Å². The van der Waals surface area contributed by atoms with Crippen molar-refractivity contribution in [1.29, 1.82) is 0 Å². The number of aryl methyl sites for hydroxylation is 1. The van der Waals surface area contributed by atoms with E-state index >= 15 is 0 Å². The zero-order valence-electron chi connectivity index (χ0n) is 11.5. The van der Waals surface area contributed by atoms with Crippen LogP contribution in [0.25, 0.3) is 0 Å². The van der Waals surface area contributed by atoms with Gasteiger partial charge in [-0.15, -0.1) is 0 Å². The topological polar surface area (TPSA) is 84.2 Å². The average molecular weight is 279 g/mol. The van der Waals surface area contributed by atoms with Crippen LogP contribution < -0.4 is 5.32 Å². The number of amides is 1. The molecule has 0 aromatic carbocycles. The van der Waals surface area contributed by atoms with Crippen LogP contribution in [-0.2, 0) is 16.1 Å². The summed E-state index contributed by atoms with van der Waals surface area (Å²) in [6.45, 7) is 0.803. The molecule has 1 fully saturated rings. The predicted octanol–water partition coefficient (Wildman–Crippen LogP) is 1.42. The van der Waals surface area contributed by atoms with Crippen molar-refractivity contribution >= 4 is 11.9 Å². The Bertz CT molecular complexity index is 450. The Hall–Kier alpha value is -1.85. The zero-order valence-corrected chi connectivity index (χ0v) is 11.5. The number of carboxylic acid groups (broad SMARTS) is 1. The fourth-order valence-corrected chi connectivity index (χ4v) is 2.70. The number of carboxylic acids is 1. The van der Waals surface area contributed by atoms with Gasteiger partial charge < -0.3 is 15.0 Å². The largest absolute Gasteiger partial charge is 0.481 e. The lowest BCUT2D eigenvalue weighted by Crippen LogP contribution is -2.44. The lowest BCUT2D eigenvalue weighted by atomic mass is 9.74. The van der Waals surface area contributed by atoms with Gasteiger partial charge in [-0.25, -0.2) is 4.98 Å². The van der Waals surface area contributed by atoms with Crippen LogP contribution in [0.2, 0.25) is 0 Å². The maximum absolute atomic E-state index is 11.8. The lowest BCUT2D eigenvalue weighted by Gasteiger charge is -2.33. The second-order valence-corrected chi connectivity index (χ2v) is 5.47. The van der Waals surface area contributed by atoms with Crippen molar-refractivity contribution in [3.63, 3.8) is 0 Å². The first kappa shape index (κ1) is 14.6. The van der Waals surface area contributed by atoms with Gasteiger partial charge in [-0.3, -0.25) is 9.59 Å². The molecule has 1 aromatic heterocycles. The van der Waals surface area contributed by atoms with Gasteiger partial charge in [0, 0.05) is 31.9 Å². The van der Waals surface area contributed by atoms with E-state index in [0.717, 1.165) is 19.3 Å². The molecule has 1 aliphatic carbocycles. The zero-order chi connectivity index (χ0) is 14.4. The minimum Gasteiger partial charge on any atom is -0.481 e. The third kappa shape index (κ3) is 3.59. The first-order valence-corrected chi connectivity index (χ1v) is 7.08. The molecule has 0 saturated heterocycles. The van der Waals surface area contributed by atoms with Gasteiger partial charge >= 0.3 is 5.97 Å². The predicted molar refractivity (Wildman–Crippen MR) is 73.0 cm³/mol. The molecular formula is C14H21N3O3. The van der Waals surface area contributed by atoms with Gasteiger partial charge in [-0.2, -0.15) is 0 Å². The van der Waals surface area contributed by atoms with Gasteiger partial charge in [0.15, 0.2) is 0 Å². The van der Waals surface area contributed by atoms with Crippen LogP contribution >= 0.6 is 0 Å². The van der Waals surface area contributed by atoms with Crippen molar-refractivity contribution in [2.75, 3.05) is 6.54 Å². The van der Waals surface area contributed by atoms with Crippen molar-refractivity contribution < 1.29 is 14.7 Å². The Labute approximate surface area is 118 Å². The summed E-state index contributed by atoms with van der Waals surface area (Å²) in [6, 6.07) is 0. The molecule has 1 aliphatic rings. The van der Waals surface area contributed by atoms with Gasteiger partial charge in [0.2, 0.25) is 5.91 Å². The van der Waals surface area contributed by atoms with Crippen molar-refractivity contribution in [2.45, 2.75) is 45.1 Å². The molecule has 0 aliphatic heterocycles. The standard InChI is InChI=1S/C14H21N3O3/c18-12(4-8-17-9-7-15-11-17)16-10-14(13(19)20)5-2-1-3-6-14/h7,9,11H,1-6,8,10H2,(H,16,18)(H,19,20). The van der Waals surface area contributed by atoms with Crippen LogP contribution in [0.4, 0.5) is 0 Å². The molecular weight excluding hydrogens is 258 g/mol. The minimum absolute atomic E-state index is 0.107. The Balaban J connectivity index is 1.80. The summed E-state index contributed by atoms with van der Waals surface area (Å²) in [7, 11) is 0. The Morgan fingerprint density at radius 1 is 1.30 bits per heavy atom. The number of rotatable bonds is 6. The second kappa shape index (κ2) is 6.54. The monoisotopic (exact) mass is 279 g/mol. The van der Waals surface area contributed by atoms with E-state index in [0.29, 0.717) is 25.8 Å². The number of aliphatic carboxylic acids is 1. The van der Waals surface area contributed by atoms with Crippen LogP contribution in [0, 0.1) is 5.41 Å². The summed E-state index contributed by atoms with van der Waals surface area (Å²) in [6.07, 6.45) is 9.72. The summed E-state index contributed by atoms with van der Waals surface area (Å²) in [5.74, 6) is -0.892. The first-order chi connectivity index (χ1) is 9.62. The van der Waals surface area contributed by atoms with Crippen LogP contribution in [0.5, 0.6) is 0 Å². The number of hydrogen-bond acceptors (Lipinski definition) is 3. The molecule has 6 heteroatoms. The van der Waals surface area contributed by atoms with E-state index in [1.807, 2.05) is 4.57 Å². The number of carbonyl (C=O) groups is 2. The minimum atomic E-state index is -0.785. The number of nitrogens with zero attached hydrogens (tertiary/aromatic N) is 2. The third-order valence-electron chi connectivity index (χ3n) is 4.04. The van der Waals surface area contributed by atoms with Crippen molar-refractivity contribution in [3.8, 4) is 0 Å². The average Bonchev–Trinajstić information content (AvgIpc) is 2.97. The fraction of sp³-hybridized carbons (Fsp3) is 0.643. The normalized spacial score (nSPS) is 17.6. The highest BCUT2D eigenvalue weighted by molar-refractivity contribution is 5.79. The van der Waals surface area contributed by atoms with Crippen LogP contribution in [-0.4, -0.2) is 33.1 Å². The highest BCUT2D eigenvalue weighted by Gasteiger charge is 2.39. The van der Waals surface area contributed by atoms with E-state index in [4.69, 9.17) is 0 Å². The fourth-order valence-electron chi connectivity index (χ4n) is 2.70. The second-order valence-electron chi connectivity index (χ2n) is 5.47. The molecule has 1 heterocycles. The smallest absolute Gasteiger partial charge is 0.311 e.